The summed E-state index contributed by atoms with van der Waals surface area (Å²) in [4.78, 5) is 0. The van der Waals surface area contributed by atoms with E-state index in [0.29, 0.717) is 13.2 Å². The van der Waals surface area contributed by atoms with Crippen LogP contribution in [-0.4, -0.2) is 60.8 Å². The van der Waals surface area contributed by atoms with Gasteiger partial charge in [0, 0.05) is 13.2 Å². The Kier molecular flexibility index (Phi) is 29.7. The highest BCUT2D eigenvalue weighted by Gasteiger charge is 2.46. The summed E-state index contributed by atoms with van der Waals surface area (Å²) in [5.74, 6) is 0. The van der Waals surface area contributed by atoms with Gasteiger partial charge in [-0.05, 0) is 12.8 Å². The molecule has 0 aromatic heterocycles. The first-order valence-corrected chi connectivity index (χ1v) is 19.5. The molecule has 1 aliphatic rings. The Hall–Kier alpha value is -0.270. The molecule has 5 atom stereocenters. The van der Waals surface area contributed by atoms with E-state index in [1.54, 1.807) is 0 Å². The molecule has 6 heteroatoms. The Morgan fingerprint density at radius 3 is 1.07 bits per heavy atom. The monoisotopic (exact) mass is 631 g/mol. The van der Waals surface area contributed by atoms with Crippen molar-refractivity contribution in [1.82, 2.24) is 0 Å². The van der Waals surface area contributed by atoms with E-state index in [-0.39, 0.29) is 0 Å². The van der Waals surface area contributed by atoms with Gasteiger partial charge in [0.15, 0.2) is 6.29 Å². The maximum Gasteiger partial charge on any atom is 0.184 e. The fourth-order valence-corrected chi connectivity index (χ4v) is 6.44. The molecule has 1 heterocycles. The second-order valence-electron chi connectivity index (χ2n) is 13.6. The van der Waals surface area contributed by atoms with E-state index in [2.05, 4.69) is 13.8 Å². The maximum atomic E-state index is 13.4. The van der Waals surface area contributed by atoms with Gasteiger partial charge in [0.2, 0.25) is 0 Å². The Morgan fingerprint density at radius 1 is 0.455 bits per heavy atom. The molecular weight excluding hydrogens is 555 g/mol. The molecule has 5 nitrogen and oxygen atoms in total. The standard InChI is InChI=1S/C38H75FO5/c1-3-5-7-9-11-13-15-17-19-21-23-25-27-29-31-42-36-35(40)34(33-39)44-38(41)37(36)43-32-30-28-26-24-22-20-18-16-14-12-10-8-6-4-2/h34-38,40-41H,3-33H2,1-2H3/t34-,35-,36+,37-,38+/m1/s1. The van der Waals surface area contributed by atoms with Gasteiger partial charge in [0.05, 0.1) is 0 Å². The number of aliphatic hydroxyl groups excluding tert-OH is 2. The van der Waals surface area contributed by atoms with Gasteiger partial charge in [0.25, 0.3) is 0 Å². The number of rotatable bonds is 33. The molecular formula is C38H75FO5. The molecule has 0 saturated carbocycles. The van der Waals surface area contributed by atoms with Gasteiger partial charge >= 0.3 is 0 Å². The van der Waals surface area contributed by atoms with Gasteiger partial charge in [-0.25, -0.2) is 4.39 Å². The topological polar surface area (TPSA) is 68.2 Å². The summed E-state index contributed by atoms with van der Waals surface area (Å²) in [6.07, 6.45) is 31.1. The Morgan fingerprint density at radius 2 is 0.750 bits per heavy atom. The molecule has 264 valence electrons. The van der Waals surface area contributed by atoms with Crippen molar-refractivity contribution in [3.63, 3.8) is 0 Å². The molecule has 0 spiro atoms. The highest BCUT2D eigenvalue weighted by molar-refractivity contribution is 4.91. The zero-order valence-electron chi connectivity index (χ0n) is 29.3. The molecule has 0 aromatic rings. The number of alkyl halides is 1. The first kappa shape index (κ1) is 41.8. The van der Waals surface area contributed by atoms with Crippen molar-refractivity contribution in [1.29, 1.82) is 0 Å². The summed E-state index contributed by atoms with van der Waals surface area (Å²) < 4.78 is 30.7. The van der Waals surface area contributed by atoms with Crippen molar-refractivity contribution in [2.75, 3.05) is 19.9 Å². The van der Waals surface area contributed by atoms with Crippen molar-refractivity contribution >= 4 is 0 Å². The van der Waals surface area contributed by atoms with Crippen molar-refractivity contribution < 1.29 is 28.8 Å². The second kappa shape index (κ2) is 31.3. The summed E-state index contributed by atoms with van der Waals surface area (Å²) in [6, 6.07) is 0. The molecule has 0 aliphatic carbocycles. The Bertz CT molecular complexity index is 579. The van der Waals surface area contributed by atoms with E-state index in [0.717, 1.165) is 25.7 Å². The van der Waals surface area contributed by atoms with E-state index in [1.807, 2.05) is 0 Å². The van der Waals surface area contributed by atoms with Gasteiger partial charge in [-0.15, -0.1) is 0 Å². The van der Waals surface area contributed by atoms with Crippen molar-refractivity contribution in [2.45, 2.75) is 224 Å². The summed E-state index contributed by atoms with van der Waals surface area (Å²) in [7, 11) is 0. The van der Waals surface area contributed by atoms with Crippen molar-refractivity contribution in [2.24, 2.45) is 0 Å². The quantitative estimate of drug-likeness (QED) is 0.0706. The van der Waals surface area contributed by atoms with Crippen LogP contribution in [0.25, 0.3) is 0 Å². The molecule has 0 aromatic carbocycles. The maximum absolute atomic E-state index is 13.4. The van der Waals surface area contributed by atoms with Crippen LogP contribution in [0.5, 0.6) is 0 Å². The zero-order valence-corrected chi connectivity index (χ0v) is 29.3. The van der Waals surface area contributed by atoms with Gasteiger partial charge in [-0.3, -0.25) is 0 Å². The normalized spacial score (nSPS) is 22.2. The van der Waals surface area contributed by atoms with Gasteiger partial charge in [-0.2, -0.15) is 0 Å². The van der Waals surface area contributed by atoms with E-state index in [4.69, 9.17) is 14.2 Å². The highest BCUT2D eigenvalue weighted by Crippen LogP contribution is 2.26. The molecule has 1 fully saturated rings. The lowest BCUT2D eigenvalue weighted by Gasteiger charge is -2.41. The third kappa shape index (κ3) is 22.3. The van der Waals surface area contributed by atoms with E-state index in [9.17, 15) is 14.6 Å². The number of halogens is 1. The highest BCUT2D eigenvalue weighted by atomic mass is 19.1. The summed E-state index contributed by atoms with van der Waals surface area (Å²) in [5, 5.41) is 21.2. The van der Waals surface area contributed by atoms with Crippen LogP contribution >= 0.6 is 0 Å². The molecule has 0 unspecified atom stereocenters. The van der Waals surface area contributed by atoms with Gasteiger partial charge in [-0.1, -0.05) is 181 Å². The predicted octanol–water partition coefficient (Wildman–Crippen LogP) is 10.8. The molecule has 0 amide bonds. The van der Waals surface area contributed by atoms with Crippen LogP contribution in [0, 0.1) is 0 Å². The van der Waals surface area contributed by atoms with Crippen LogP contribution in [0.4, 0.5) is 4.39 Å². The number of aliphatic hydroxyl groups is 2. The summed E-state index contributed by atoms with van der Waals surface area (Å²) >= 11 is 0. The predicted molar refractivity (Wildman–Crippen MR) is 183 cm³/mol. The SMILES string of the molecule is CCCCCCCCCCCCCCCCO[C@@H]1[C@@H](OCCCCCCCCCCCCCCCC)[C@H](O)[C@@H](CF)O[C@@H]1O. The molecule has 2 N–H and O–H groups in total. The van der Waals surface area contributed by atoms with E-state index in [1.165, 1.54) is 154 Å². The van der Waals surface area contributed by atoms with Crippen molar-refractivity contribution in [3.8, 4) is 0 Å². The lowest BCUT2D eigenvalue weighted by molar-refractivity contribution is -0.301. The van der Waals surface area contributed by atoms with Gasteiger partial charge in [0.1, 0.15) is 31.1 Å². The third-order valence-electron chi connectivity index (χ3n) is 9.41. The smallest absolute Gasteiger partial charge is 0.184 e. The van der Waals surface area contributed by atoms with Crippen LogP contribution in [0.15, 0.2) is 0 Å². The first-order chi connectivity index (χ1) is 21.7. The van der Waals surface area contributed by atoms with Crippen LogP contribution in [0.2, 0.25) is 0 Å². The largest absolute Gasteiger partial charge is 0.387 e. The lowest BCUT2D eigenvalue weighted by Crippen LogP contribution is -2.60. The minimum atomic E-state index is -1.29. The average Bonchev–Trinajstić information content (AvgIpc) is 3.03. The lowest BCUT2D eigenvalue weighted by atomic mass is 9.99. The summed E-state index contributed by atoms with van der Waals surface area (Å²) in [5.41, 5.74) is 0. The molecule has 0 bridgehead atoms. The second-order valence-corrected chi connectivity index (χ2v) is 13.6. The number of unbranched alkanes of at least 4 members (excludes halogenated alkanes) is 26. The third-order valence-corrected chi connectivity index (χ3v) is 9.41. The van der Waals surface area contributed by atoms with Crippen LogP contribution in [0.3, 0.4) is 0 Å². The van der Waals surface area contributed by atoms with Gasteiger partial charge < -0.3 is 24.4 Å². The van der Waals surface area contributed by atoms with E-state index < -0.39 is 37.4 Å². The number of hydrogen-bond donors (Lipinski definition) is 2. The molecule has 1 rings (SSSR count). The molecule has 1 aliphatic heterocycles. The molecule has 0 radical (unpaired) electrons. The Balaban J connectivity index is 2.09. The summed E-state index contributed by atoms with van der Waals surface area (Å²) in [6.45, 7) is 4.64. The zero-order chi connectivity index (χ0) is 31.9. The minimum Gasteiger partial charge on any atom is -0.387 e. The fourth-order valence-electron chi connectivity index (χ4n) is 6.44. The minimum absolute atomic E-state index is 0.476. The molecule has 44 heavy (non-hydrogen) atoms. The van der Waals surface area contributed by atoms with Crippen LogP contribution in [0.1, 0.15) is 194 Å². The van der Waals surface area contributed by atoms with E-state index >= 15 is 0 Å². The first-order valence-electron chi connectivity index (χ1n) is 19.5. The number of hydrogen-bond acceptors (Lipinski definition) is 5. The van der Waals surface area contributed by atoms with Crippen LogP contribution < -0.4 is 0 Å². The van der Waals surface area contributed by atoms with Crippen molar-refractivity contribution in [3.05, 3.63) is 0 Å². The fraction of sp³-hybridized carbons (Fsp3) is 1.00. The van der Waals surface area contributed by atoms with Crippen LogP contribution in [-0.2, 0) is 14.2 Å². The Labute approximate surface area is 272 Å². The average molecular weight is 631 g/mol. The molecule has 1 saturated heterocycles. The number of ether oxygens (including phenoxy) is 3.